The highest BCUT2D eigenvalue weighted by Gasteiger charge is 2.58. The predicted molar refractivity (Wildman–Crippen MR) is 370 cm³/mol. The van der Waals surface area contributed by atoms with E-state index in [1.807, 2.05) is 128 Å². The normalized spacial score (nSPS) is 18.7. The Labute approximate surface area is 548 Å². The molecule has 4 aliphatic rings. The van der Waals surface area contributed by atoms with Crippen LogP contribution in [0.15, 0.2) is 150 Å². The van der Waals surface area contributed by atoms with Crippen molar-refractivity contribution in [2.75, 3.05) is 0 Å². The van der Waals surface area contributed by atoms with Crippen LogP contribution in [0, 0.1) is 55.4 Å². The number of aliphatic imine (C=N–C) groups is 2. The van der Waals surface area contributed by atoms with Crippen LogP contribution in [-0.4, -0.2) is 41.0 Å². The van der Waals surface area contributed by atoms with Gasteiger partial charge in [0, 0.05) is 10.8 Å². The largest absolute Gasteiger partial charge is 0.504 e. The lowest BCUT2D eigenvalue weighted by molar-refractivity contribution is 0.348. The maximum Gasteiger partial charge on any atom is 0.284 e. The van der Waals surface area contributed by atoms with Gasteiger partial charge < -0.3 is 39.5 Å². The number of nitrogens with zero attached hydrogens (tertiary/aromatic N) is 4. The van der Waals surface area contributed by atoms with Crippen molar-refractivity contribution in [3.8, 4) is 34.5 Å². The van der Waals surface area contributed by atoms with Crippen LogP contribution >= 0.6 is 23.2 Å². The minimum atomic E-state index is -0.363. The van der Waals surface area contributed by atoms with Crippen LogP contribution in [0.2, 0.25) is 0 Å². The molecule has 0 saturated heterocycles. The van der Waals surface area contributed by atoms with Crippen molar-refractivity contribution in [1.29, 1.82) is 0 Å². The van der Waals surface area contributed by atoms with Crippen molar-refractivity contribution in [2.24, 2.45) is 20.0 Å². The molecule has 2 spiro atoms. The van der Waals surface area contributed by atoms with E-state index in [4.69, 9.17) is 42.0 Å². The van der Waals surface area contributed by atoms with E-state index >= 15 is 0 Å². The average molecular weight is 1270 g/mol. The van der Waals surface area contributed by atoms with Gasteiger partial charge in [-0.15, -0.1) is 0 Å². The van der Waals surface area contributed by atoms with Gasteiger partial charge in [0.1, 0.15) is 0 Å². The van der Waals surface area contributed by atoms with Crippen molar-refractivity contribution < 1.29 is 39.5 Å². The number of hydrogen-bond acceptors (Lipinski definition) is 12. The summed E-state index contributed by atoms with van der Waals surface area (Å²) in [5, 5.41) is 61.8. The third-order valence-corrected chi connectivity index (χ3v) is 20.4. The fourth-order valence-electron chi connectivity index (χ4n) is 15.7. The highest BCUT2D eigenvalue weighted by Crippen LogP contribution is 2.66. The van der Waals surface area contributed by atoms with Crippen LogP contribution < -0.4 is 11.1 Å². The minimum absolute atomic E-state index is 0.0819. The molecule has 0 fully saturated rings. The standard InChI is InChI=1S/C39H40N2O4.C21H24O4.C18H18Cl2N2/c1-21-11-9-12-22(2)33(21)40-35-36(41-34-23(3)13-10-14-24(34)4)45-32-18-28-26(17-31(32)44-35)38(7,8)20-39(28)19-37(5,6)25-15-29(42)30(43)16-27(25)39;1-19(2)9-21(13-7-17(24)15(22)5-11(13)19)10-20(3,4)12-6-16(23)18(25)8-14(12)21;1-11-7-5-8-12(2)15(11)21-17(19)18(20)22-16-13(3)9-6-10-14(16)4/h9-18,42-43H,19-20H2,1-8H3;5-8,22-25H,9-10H2,1-4H3;5-10H,1-4H3/t39-;;/m0../s1. The van der Waals surface area contributed by atoms with Gasteiger partial charge in [0.25, 0.3) is 11.1 Å². The first-order valence-electron chi connectivity index (χ1n) is 31.2. The fourth-order valence-corrected chi connectivity index (χ4v) is 16.0. The lowest BCUT2D eigenvalue weighted by atomic mass is 9.72. The van der Waals surface area contributed by atoms with Crippen LogP contribution in [-0.2, 0) is 32.5 Å². The minimum Gasteiger partial charge on any atom is -0.504 e. The van der Waals surface area contributed by atoms with Crippen LogP contribution in [0.4, 0.5) is 22.7 Å². The molecular formula is C78H82Cl2N4O8. The summed E-state index contributed by atoms with van der Waals surface area (Å²) in [4.78, 5) is 18.9. The second-order valence-corrected chi connectivity index (χ2v) is 29.4. The summed E-state index contributed by atoms with van der Waals surface area (Å²) >= 11 is 12.5. The zero-order valence-corrected chi connectivity index (χ0v) is 56.9. The maximum absolute atomic E-state index is 10.7. The smallest absolute Gasteiger partial charge is 0.284 e. The molecule has 6 N–H and O–H groups in total. The number of fused-ring (bicyclic) bond motifs is 9. The Bertz CT molecular complexity index is 4530. The van der Waals surface area contributed by atoms with Gasteiger partial charge in [0.05, 0.1) is 22.7 Å². The first kappa shape index (κ1) is 64.9. The third kappa shape index (κ3) is 11.3. The van der Waals surface area contributed by atoms with Crippen LogP contribution in [0.5, 0.6) is 34.5 Å². The van der Waals surface area contributed by atoms with Gasteiger partial charge in [0.15, 0.2) is 56.0 Å². The zero-order chi connectivity index (χ0) is 66.7. The Morgan fingerprint density at radius 1 is 0.326 bits per heavy atom. The monoisotopic (exact) mass is 1270 g/mol. The van der Waals surface area contributed by atoms with Crippen LogP contribution in [0.3, 0.4) is 0 Å². The van der Waals surface area contributed by atoms with Crippen molar-refractivity contribution in [2.45, 2.75) is 169 Å². The fraction of sp³-hybridized carbons (Fsp3) is 0.333. The number of benzene rings is 8. The molecule has 12 nitrogen and oxygen atoms in total. The van der Waals surface area contributed by atoms with Crippen LogP contribution in [0.25, 0.3) is 11.2 Å². The number of aromatic hydroxyl groups is 6. The first-order valence-corrected chi connectivity index (χ1v) is 32.0. The van der Waals surface area contributed by atoms with Crippen LogP contribution in [0.1, 0.15) is 170 Å². The Morgan fingerprint density at radius 3 is 0.793 bits per heavy atom. The quantitative estimate of drug-likeness (QED) is 0.0723. The second-order valence-electron chi connectivity index (χ2n) is 28.7. The SMILES string of the molecule is CC1(C)CC2(CC(C)(C)c3cc(O)c(O)cc32)c2cc(O)c(O)cc21.Cc1cccc(C)c1N=C(Cl)C(Cl)=Nc1c(C)cccc1C.Cc1cccc(C)c1N=c1oc2cc3c(cc2oc1=Nc1c(C)cccc1C)[C@@]1(CC(C)(C)c2cc(O)c(O)cc21)CC3(C)C. The van der Waals surface area contributed by atoms with Gasteiger partial charge >= 0.3 is 0 Å². The zero-order valence-electron chi connectivity index (χ0n) is 55.4. The maximum atomic E-state index is 10.7. The molecule has 1 atom stereocenters. The molecule has 1 heterocycles. The van der Waals surface area contributed by atoms with Crippen molar-refractivity contribution in [3.63, 3.8) is 0 Å². The molecule has 476 valence electrons. The molecule has 0 saturated carbocycles. The lowest BCUT2D eigenvalue weighted by Gasteiger charge is -2.30. The third-order valence-electron chi connectivity index (χ3n) is 19.8. The lowest BCUT2D eigenvalue weighted by Crippen LogP contribution is -2.27. The number of halogens is 2. The van der Waals surface area contributed by atoms with E-state index in [1.165, 1.54) is 5.56 Å². The number of phenolic OH excluding ortho intramolecular Hbond substituents is 6. The summed E-state index contributed by atoms with van der Waals surface area (Å²) in [6.07, 6.45) is 3.33. The van der Waals surface area contributed by atoms with E-state index in [-0.39, 0.29) is 77.3 Å². The predicted octanol–water partition coefficient (Wildman–Crippen LogP) is 19.1. The Morgan fingerprint density at radius 2 is 0.533 bits per heavy atom. The van der Waals surface area contributed by atoms with E-state index in [9.17, 15) is 30.6 Å². The van der Waals surface area contributed by atoms with Crippen molar-refractivity contribution >= 4 is 67.5 Å². The molecule has 13 rings (SSSR count). The Balaban J connectivity index is 0.000000156. The van der Waals surface area contributed by atoms with Gasteiger partial charge in [-0.05, 0) is 240 Å². The summed E-state index contributed by atoms with van der Waals surface area (Å²) in [7, 11) is 0. The molecule has 14 heteroatoms. The summed E-state index contributed by atoms with van der Waals surface area (Å²) in [6.45, 7) is 33.7. The summed E-state index contributed by atoms with van der Waals surface area (Å²) in [6, 6.07) is 38.6. The number of phenols is 6. The number of para-hydroxylation sites is 4. The Hall–Kier alpha value is -8.58. The molecule has 0 aliphatic heterocycles. The number of aryl methyl sites for hydroxylation is 8. The van der Waals surface area contributed by atoms with E-state index in [0.29, 0.717) is 22.3 Å². The molecule has 0 unspecified atom stereocenters. The topological polar surface area (TPSA) is 197 Å². The summed E-state index contributed by atoms with van der Waals surface area (Å²) in [5.41, 5.74) is 20.6. The van der Waals surface area contributed by atoms with Gasteiger partial charge in [-0.2, -0.15) is 0 Å². The molecule has 0 bridgehead atoms. The van der Waals surface area contributed by atoms with E-state index in [0.717, 1.165) is 132 Å². The molecular weight excluding hydrogens is 1190 g/mol. The van der Waals surface area contributed by atoms with Gasteiger partial charge in [-0.1, -0.05) is 151 Å². The molecule has 8 aromatic carbocycles. The van der Waals surface area contributed by atoms with Gasteiger partial charge in [0.2, 0.25) is 0 Å². The molecule has 0 radical (unpaired) electrons. The van der Waals surface area contributed by atoms with E-state index in [2.05, 4.69) is 77.5 Å². The number of rotatable bonds is 5. The van der Waals surface area contributed by atoms with Crippen molar-refractivity contribution in [3.05, 3.63) is 221 Å². The molecule has 0 amide bonds. The molecule has 92 heavy (non-hydrogen) atoms. The average Bonchev–Trinajstić information content (AvgIpc) is 1.53. The molecule has 9 aromatic rings. The second kappa shape index (κ2) is 23.2. The summed E-state index contributed by atoms with van der Waals surface area (Å²) in [5.74, 6) is -0.619. The van der Waals surface area contributed by atoms with Crippen molar-refractivity contribution in [1.82, 2.24) is 0 Å². The van der Waals surface area contributed by atoms with E-state index < -0.39 is 0 Å². The first-order chi connectivity index (χ1) is 43.1. The highest BCUT2D eigenvalue weighted by molar-refractivity contribution is 7.00. The highest BCUT2D eigenvalue weighted by atomic mass is 35.5. The number of hydrogen-bond donors (Lipinski definition) is 6. The van der Waals surface area contributed by atoms with Gasteiger partial charge in [-0.3, -0.25) is 0 Å². The summed E-state index contributed by atoms with van der Waals surface area (Å²) < 4.78 is 13.3. The Kier molecular flexibility index (Phi) is 16.4. The molecule has 4 aliphatic carbocycles. The molecule has 1 aromatic heterocycles. The van der Waals surface area contributed by atoms with E-state index in [1.54, 1.807) is 36.4 Å². The van der Waals surface area contributed by atoms with Gasteiger partial charge in [-0.25, -0.2) is 20.0 Å².